The SMILES string of the molecule is CC(C)CCCOCC(O)CNc1c(F)cc(Br)cc1F. The van der Waals surface area contributed by atoms with Crippen LogP contribution in [-0.2, 0) is 4.74 Å². The van der Waals surface area contributed by atoms with Crippen LogP contribution in [0, 0.1) is 17.6 Å². The molecule has 1 atom stereocenters. The van der Waals surface area contributed by atoms with Gasteiger partial charge in [-0.2, -0.15) is 0 Å². The van der Waals surface area contributed by atoms with Crippen molar-refractivity contribution in [2.75, 3.05) is 25.1 Å². The molecule has 6 heteroatoms. The van der Waals surface area contributed by atoms with Crippen molar-refractivity contribution in [3.63, 3.8) is 0 Å². The van der Waals surface area contributed by atoms with E-state index in [9.17, 15) is 13.9 Å². The van der Waals surface area contributed by atoms with Gasteiger partial charge >= 0.3 is 0 Å². The fraction of sp³-hybridized carbons (Fsp3) is 0.600. The van der Waals surface area contributed by atoms with Crippen molar-refractivity contribution in [2.24, 2.45) is 5.92 Å². The summed E-state index contributed by atoms with van der Waals surface area (Å²) in [6, 6.07) is 2.33. The smallest absolute Gasteiger partial charge is 0.150 e. The number of hydrogen-bond acceptors (Lipinski definition) is 3. The first-order valence-corrected chi connectivity index (χ1v) is 7.83. The summed E-state index contributed by atoms with van der Waals surface area (Å²) in [5, 5.41) is 12.3. The maximum absolute atomic E-state index is 13.5. The summed E-state index contributed by atoms with van der Waals surface area (Å²) < 4.78 is 32.7. The van der Waals surface area contributed by atoms with Gasteiger partial charge in [0.25, 0.3) is 0 Å². The minimum absolute atomic E-state index is 0.0274. The van der Waals surface area contributed by atoms with Gasteiger partial charge < -0.3 is 15.2 Å². The molecule has 21 heavy (non-hydrogen) atoms. The second-order valence-corrected chi connectivity index (χ2v) is 6.31. The van der Waals surface area contributed by atoms with Gasteiger partial charge in [-0.15, -0.1) is 0 Å². The van der Waals surface area contributed by atoms with Crippen LogP contribution in [0.1, 0.15) is 26.7 Å². The van der Waals surface area contributed by atoms with Crippen molar-refractivity contribution in [1.82, 2.24) is 0 Å². The molecule has 0 aliphatic carbocycles. The van der Waals surface area contributed by atoms with Gasteiger partial charge in [0, 0.05) is 17.6 Å². The zero-order valence-electron chi connectivity index (χ0n) is 12.3. The molecule has 2 N–H and O–H groups in total. The topological polar surface area (TPSA) is 41.5 Å². The quantitative estimate of drug-likeness (QED) is 0.651. The number of ether oxygens (including phenoxy) is 1. The zero-order chi connectivity index (χ0) is 15.8. The van der Waals surface area contributed by atoms with Gasteiger partial charge in [0.2, 0.25) is 0 Å². The lowest BCUT2D eigenvalue weighted by molar-refractivity contribution is 0.0409. The van der Waals surface area contributed by atoms with E-state index in [2.05, 4.69) is 35.1 Å². The molecule has 0 radical (unpaired) electrons. The lowest BCUT2D eigenvalue weighted by Gasteiger charge is -2.14. The highest BCUT2D eigenvalue weighted by molar-refractivity contribution is 9.10. The number of anilines is 1. The first-order valence-electron chi connectivity index (χ1n) is 7.04. The number of benzene rings is 1. The maximum atomic E-state index is 13.5. The molecule has 0 fully saturated rings. The third-order valence-electron chi connectivity index (χ3n) is 2.90. The van der Waals surface area contributed by atoms with Gasteiger partial charge in [-0.3, -0.25) is 0 Å². The van der Waals surface area contributed by atoms with E-state index < -0.39 is 17.7 Å². The van der Waals surface area contributed by atoms with E-state index in [-0.39, 0.29) is 18.8 Å². The summed E-state index contributed by atoms with van der Waals surface area (Å²) in [4.78, 5) is 0. The Kier molecular flexibility index (Phi) is 8.14. The van der Waals surface area contributed by atoms with Crippen molar-refractivity contribution >= 4 is 21.6 Å². The molecule has 1 aromatic rings. The third kappa shape index (κ3) is 7.20. The van der Waals surface area contributed by atoms with Crippen LogP contribution in [0.5, 0.6) is 0 Å². The molecule has 0 bridgehead atoms. The Morgan fingerprint density at radius 2 is 1.90 bits per heavy atom. The van der Waals surface area contributed by atoms with Crippen LogP contribution >= 0.6 is 15.9 Å². The number of hydrogen-bond donors (Lipinski definition) is 2. The summed E-state index contributed by atoms with van der Waals surface area (Å²) in [7, 11) is 0. The summed E-state index contributed by atoms with van der Waals surface area (Å²) in [5.74, 6) is -0.776. The highest BCUT2D eigenvalue weighted by Gasteiger charge is 2.12. The van der Waals surface area contributed by atoms with Crippen molar-refractivity contribution in [1.29, 1.82) is 0 Å². The Labute approximate surface area is 132 Å². The monoisotopic (exact) mass is 365 g/mol. The molecule has 120 valence electrons. The molecule has 0 heterocycles. The van der Waals surface area contributed by atoms with Crippen molar-refractivity contribution in [2.45, 2.75) is 32.8 Å². The van der Waals surface area contributed by atoms with E-state index >= 15 is 0 Å². The molecule has 1 aromatic carbocycles. The van der Waals surface area contributed by atoms with Crippen LogP contribution < -0.4 is 5.32 Å². The molecule has 1 unspecified atom stereocenters. The molecule has 1 rings (SSSR count). The average Bonchev–Trinajstić information content (AvgIpc) is 2.36. The second-order valence-electron chi connectivity index (χ2n) is 5.39. The molecule has 0 spiro atoms. The number of aliphatic hydroxyl groups excluding tert-OH is 1. The Balaban J connectivity index is 2.29. The van der Waals surface area contributed by atoms with Crippen molar-refractivity contribution in [3.05, 3.63) is 28.2 Å². The Hall–Kier alpha value is -0.720. The van der Waals surface area contributed by atoms with Crippen molar-refractivity contribution < 1.29 is 18.6 Å². The fourth-order valence-electron chi connectivity index (χ4n) is 1.80. The minimum atomic E-state index is -0.813. The van der Waals surface area contributed by atoms with Crippen LogP contribution in [0.4, 0.5) is 14.5 Å². The Bertz CT molecular complexity index is 421. The lowest BCUT2D eigenvalue weighted by atomic mass is 10.1. The first kappa shape index (κ1) is 18.3. The maximum Gasteiger partial charge on any atom is 0.150 e. The standard InChI is InChI=1S/C15H22BrF2NO2/c1-10(2)4-3-5-21-9-12(20)8-19-15-13(17)6-11(16)7-14(15)18/h6-7,10,12,19-20H,3-5,8-9H2,1-2H3. The van der Waals surface area contributed by atoms with Gasteiger partial charge in [-0.1, -0.05) is 29.8 Å². The number of rotatable bonds is 9. The van der Waals surface area contributed by atoms with E-state index in [4.69, 9.17) is 4.74 Å². The second kappa shape index (κ2) is 9.33. The third-order valence-corrected chi connectivity index (χ3v) is 3.36. The molecule has 0 aliphatic heterocycles. The normalized spacial score (nSPS) is 12.7. The molecular formula is C15H22BrF2NO2. The van der Waals surface area contributed by atoms with Gasteiger partial charge in [-0.25, -0.2) is 8.78 Å². The van der Waals surface area contributed by atoms with Crippen molar-refractivity contribution in [3.8, 4) is 0 Å². The Morgan fingerprint density at radius 3 is 2.48 bits per heavy atom. The van der Waals surface area contributed by atoms with E-state index in [1.54, 1.807) is 0 Å². The minimum Gasteiger partial charge on any atom is -0.389 e. The van der Waals surface area contributed by atoms with Gasteiger partial charge in [0.05, 0.1) is 12.7 Å². The van der Waals surface area contributed by atoms with Crippen LogP contribution in [0.15, 0.2) is 16.6 Å². The number of halogens is 3. The molecule has 3 nitrogen and oxygen atoms in total. The van der Waals surface area contributed by atoms with Gasteiger partial charge in [0.1, 0.15) is 17.3 Å². The predicted molar refractivity (Wildman–Crippen MR) is 83.4 cm³/mol. The predicted octanol–water partition coefficient (Wildman–Crippen LogP) is 3.95. The lowest BCUT2D eigenvalue weighted by Crippen LogP contribution is -2.25. The average molecular weight is 366 g/mol. The molecule has 0 saturated heterocycles. The first-order chi connectivity index (χ1) is 9.90. The number of nitrogens with one attached hydrogen (secondary N) is 1. The number of aliphatic hydroxyl groups is 1. The molecule has 0 amide bonds. The highest BCUT2D eigenvalue weighted by Crippen LogP contribution is 2.23. The summed E-state index contributed by atoms with van der Waals surface area (Å²) in [6.45, 7) is 5.03. The summed E-state index contributed by atoms with van der Waals surface area (Å²) in [5.41, 5.74) is -0.239. The highest BCUT2D eigenvalue weighted by atomic mass is 79.9. The molecule has 0 aromatic heterocycles. The molecular weight excluding hydrogens is 344 g/mol. The molecule has 0 saturated carbocycles. The van der Waals surface area contributed by atoms with Crippen LogP contribution in [-0.4, -0.2) is 31.0 Å². The largest absolute Gasteiger partial charge is 0.389 e. The molecule has 0 aliphatic rings. The van der Waals surface area contributed by atoms with Gasteiger partial charge in [-0.05, 0) is 30.9 Å². The van der Waals surface area contributed by atoms with E-state index in [1.807, 2.05) is 0 Å². The van der Waals surface area contributed by atoms with E-state index in [0.29, 0.717) is 17.0 Å². The van der Waals surface area contributed by atoms with Crippen LogP contribution in [0.25, 0.3) is 0 Å². The fourth-order valence-corrected chi connectivity index (χ4v) is 2.20. The summed E-state index contributed by atoms with van der Waals surface area (Å²) >= 11 is 3.01. The van der Waals surface area contributed by atoms with E-state index in [0.717, 1.165) is 12.8 Å². The Morgan fingerprint density at radius 1 is 1.29 bits per heavy atom. The van der Waals surface area contributed by atoms with Crippen LogP contribution in [0.2, 0.25) is 0 Å². The summed E-state index contributed by atoms with van der Waals surface area (Å²) in [6.07, 6.45) is 1.20. The van der Waals surface area contributed by atoms with Gasteiger partial charge in [0.15, 0.2) is 0 Å². The zero-order valence-corrected chi connectivity index (χ0v) is 13.9. The van der Waals surface area contributed by atoms with E-state index in [1.165, 1.54) is 12.1 Å². The van der Waals surface area contributed by atoms with Crippen LogP contribution in [0.3, 0.4) is 0 Å².